The zero-order chi connectivity index (χ0) is 21.2. The fourth-order valence-electron chi connectivity index (χ4n) is 3.62. The molecule has 1 atom stereocenters. The van der Waals surface area contributed by atoms with Gasteiger partial charge in [-0.15, -0.1) is 0 Å². The van der Waals surface area contributed by atoms with Crippen molar-refractivity contribution in [3.8, 4) is 5.75 Å². The highest BCUT2D eigenvalue weighted by molar-refractivity contribution is 9.10. The van der Waals surface area contributed by atoms with Gasteiger partial charge < -0.3 is 10.1 Å². The molecule has 0 saturated carbocycles. The van der Waals surface area contributed by atoms with Crippen molar-refractivity contribution in [1.82, 2.24) is 5.32 Å². The number of nitrogens with one attached hydrogen (secondary N) is 1. The fourth-order valence-corrected chi connectivity index (χ4v) is 4.72. The quantitative estimate of drug-likeness (QED) is 0.683. The monoisotopic (exact) mass is 480 g/mol. The molecule has 8 heteroatoms. The Morgan fingerprint density at radius 2 is 2.03 bits per heavy atom. The summed E-state index contributed by atoms with van der Waals surface area (Å²) in [6.07, 6.45) is 3.82. The van der Waals surface area contributed by atoms with Gasteiger partial charge in [-0.1, -0.05) is 22.0 Å². The van der Waals surface area contributed by atoms with Crippen LogP contribution in [0.2, 0.25) is 0 Å². The third-order valence-electron chi connectivity index (χ3n) is 5.12. The molecular formula is C21H25BrN2O4S. The number of sulfonamides is 1. The molecule has 6 nitrogen and oxygen atoms in total. The van der Waals surface area contributed by atoms with E-state index in [9.17, 15) is 13.2 Å². The van der Waals surface area contributed by atoms with E-state index in [1.165, 1.54) is 0 Å². The molecule has 1 aliphatic rings. The normalized spacial score (nSPS) is 16.1. The van der Waals surface area contributed by atoms with Crippen LogP contribution in [-0.2, 0) is 21.2 Å². The van der Waals surface area contributed by atoms with Gasteiger partial charge in [0.25, 0.3) is 0 Å². The minimum Gasteiger partial charge on any atom is -0.497 e. The molecule has 0 heterocycles. The molecule has 0 spiro atoms. The summed E-state index contributed by atoms with van der Waals surface area (Å²) in [5.41, 5.74) is 3.59. The highest BCUT2D eigenvalue weighted by Gasteiger charge is 2.26. The lowest BCUT2D eigenvalue weighted by atomic mass is 9.87. The molecule has 29 heavy (non-hydrogen) atoms. The van der Waals surface area contributed by atoms with Crippen LogP contribution in [-0.4, -0.2) is 34.2 Å². The van der Waals surface area contributed by atoms with Crippen molar-refractivity contribution in [1.29, 1.82) is 0 Å². The third kappa shape index (κ3) is 5.11. The number of rotatable bonds is 6. The van der Waals surface area contributed by atoms with Crippen LogP contribution < -0.4 is 14.4 Å². The molecule has 3 rings (SSSR count). The first-order valence-corrected chi connectivity index (χ1v) is 12.0. The smallest absolute Gasteiger partial charge is 0.241 e. The molecule has 1 aliphatic carbocycles. The van der Waals surface area contributed by atoms with E-state index in [0.717, 1.165) is 56.7 Å². The molecule has 0 saturated heterocycles. The van der Waals surface area contributed by atoms with Gasteiger partial charge in [-0.25, -0.2) is 8.42 Å². The number of fused-ring (bicyclic) bond motifs is 1. The standard InChI is InChI=1S/C21H25BrN2O4S/c1-14-11-16(7-10-19(14)22)24(29(3,26)27)13-21(25)23-20-6-4-5-15-12-17(28-2)8-9-18(15)20/h7-12,20H,4-6,13H2,1-3H3,(H,23,25). The lowest BCUT2D eigenvalue weighted by molar-refractivity contribution is -0.120. The van der Waals surface area contributed by atoms with Crippen molar-refractivity contribution >= 4 is 37.5 Å². The Morgan fingerprint density at radius 1 is 1.28 bits per heavy atom. The summed E-state index contributed by atoms with van der Waals surface area (Å²) >= 11 is 3.41. The molecule has 2 aromatic rings. The summed E-state index contributed by atoms with van der Waals surface area (Å²) in [6.45, 7) is 1.61. The number of benzene rings is 2. The minimum atomic E-state index is -3.61. The lowest BCUT2D eigenvalue weighted by Gasteiger charge is -2.28. The van der Waals surface area contributed by atoms with Crippen LogP contribution in [0.3, 0.4) is 0 Å². The van der Waals surface area contributed by atoms with Crippen LogP contribution >= 0.6 is 15.9 Å². The zero-order valence-corrected chi connectivity index (χ0v) is 19.1. The van der Waals surface area contributed by atoms with E-state index >= 15 is 0 Å². The molecule has 0 radical (unpaired) electrons. The van der Waals surface area contributed by atoms with Gasteiger partial charge in [-0.2, -0.15) is 0 Å². The van der Waals surface area contributed by atoms with Crippen molar-refractivity contribution < 1.29 is 17.9 Å². The first kappa shape index (κ1) is 21.6. The lowest BCUT2D eigenvalue weighted by Crippen LogP contribution is -2.42. The average molecular weight is 481 g/mol. The first-order chi connectivity index (χ1) is 13.7. The van der Waals surface area contributed by atoms with Crippen LogP contribution in [0, 0.1) is 6.92 Å². The van der Waals surface area contributed by atoms with Crippen molar-refractivity contribution in [2.75, 3.05) is 24.2 Å². The van der Waals surface area contributed by atoms with Gasteiger partial charge in [0, 0.05) is 4.47 Å². The maximum absolute atomic E-state index is 12.8. The Labute approximate surface area is 180 Å². The van der Waals surface area contributed by atoms with Crippen molar-refractivity contribution in [3.63, 3.8) is 0 Å². The van der Waals surface area contributed by atoms with Gasteiger partial charge in [0.1, 0.15) is 12.3 Å². The highest BCUT2D eigenvalue weighted by atomic mass is 79.9. The predicted octanol–water partition coefficient (Wildman–Crippen LogP) is 3.73. The second-order valence-electron chi connectivity index (χ2n) is 7.28. The molecule has 1 amide bonds. The minimum absolute atomic E-state index is 0.134. The number of hydrogen-bond donors (Lipinski definition) is 1. The fraction of sp³-hybridized carbons (Fsp3) is 0.381. The summed E-state index contributed by atoms with van der Waals surface area (Å²) in [7, 11) is -1.98. The van der Waals surface area contributed by atoms with Crippen molar-refractivity contribution in [2.45, 2.75) is 32.2 Å². The van der Waals surface area contributed by atoms with Gasteiger partial charge in [-0.05, 0) is 73.2 Å². The van der Waals surface area contributed by atoms with Crippen LogP contribution in [0.4, 0.5) is 5.69 Å². The van der Waals surface area contributed by atoms with Crippen molar-refractivity contribution in [3.05, 3.63) is 57.6 Å². The molecule has 1 unspecified atom stereocenters. The number of carbonyl (C=O) groups excluding carboxylic acids is 1. The first-order valence-electron chi connectivity index (χ1n) is 9.39. The second kappa shape index (κ2) is 8.75. The highest BCUT2D eigenvalue weighted by Crippen LogP contribution is 2.32. The van der Waals surface area contributed by atoms with Gasteiger partial charge in [0.05, 0.1) is 25.1 Å². The van der Waals surface area contributed by atoms with Crippen LogP contribution in [0.5, 0.6) is 5.75 Å². The van der Waals surface area contributed by atoms with Crippen molar-refractivity contribution in [2.24, 2.45) is 0 Å². The van der Waals surface area contributed by atoms with Gasteiger partial charge in [0.2, 0.25) is 15.9 Å². The largest absolute Gasteiger partial charge is 0.497 e. The van der Waals surface area contributed by atoms with Crippen LogP contribution in [0.25, 0.3) is 0 Å². The SMILES string of the molecule is COc1ccc2c(c1)CCCC2NC(=O)CN(c1ccc(Br)c(C)c1)S(C)(=O)=O. The molecule has 156 valence electrons. The van der Waals surface area contributed by atoms with E-state index in [-0.39, 0.29) is 18.5 Å². The van der Waals surface area contributed by atoms with E-state index in [2.05, 4.69) is 21.2 Å². The number of ether oxygens (including phenoxy) is 1. The molecule has 0 aromatic heterocycles. The van der Waals surface area contributed by atoms with Gasteiger partial charge >= 0.3 is 0 Å². The summed E-state index contributed by atoms with van der Waals surface area (Å²) in [4.78, 5) is 12.8. The van der Waals surface area contributed by atoms with E-state index in [1.807, 2.05) is 25.1 Å². The van der Waals surface area contributed by atoms with E-state index < -0.39 is 10.0 Å². The average Bonchev–Trinajstić information content (AvgIpc) is 2.67. The van der Waals surface area contributed by atoms with Crippen LogP contribution in [0.1, 0.15) is 35.6 Å². The number of halogens is 1. The summed E-state index contributed by atoms with van der Waals surface area (Å²) in [6, 6.07) is 11.0. The summed E-state index contributed by atoms with van der Waals surface area (Å²) in [5, 5.41) is 3.02. The van der Waals surface area contributed by atoms with E-state index in [4.69, 9.17) is 4.74 Å². The number of anilines is 1. The maximum Gasteiger partial charge on any atom is 0.241 e. The predicted molar refractivity (Wildman–Crippen MR) is 118 cm³/mol. The second-order valence-corrected chi connectivity index (χ2v) is 10.0. The Morgan fingerprint density at radius 3 is 2.69 bits per heavy atom. The Balaban J connectivity index is 1.79. The topological polar surface area (TPSA) is 75.7 Å². The molecular weight excluding hydrogens is 456 g/mol. The Hall–Kier alpha value is -2.06. The molecule has 0 bridgehead atoms. The van der Waals surface area contributed by atoms with Gasteiger partial charge in [-0.3, -0.25) is 9.10 Å². The van der Waals surface area contributed by atoms with E-state index in [0.29, 0.717) is 5.69 Å². The maximum atomic E-state index is 12.8. The number of carbonyl (C=O) groups is 1. The number of hydrogen-bond acceptors (Lipinski definition) is 4. The number of methoxy groups -OCH3 is 1. The summed E-state index contributed by atoms with van der Waals surface area (Å²) in [5.74, 6) is 0.467. The van der Waals surface area contributed by atoms with Gasteiger partial charge in [0.15, 0.2) is 0 Å². The Bertz CT molecular complexity index is 1020. The Kier molecular flexibility index (Phi) is 6.53. The van der Waals surface area contributed by atoms with Crippen LogP contribution in [0.15, 0.2) is 40.9 Å². The molecule has 0 fully saturated rings. The summed E-state index contributed by atoms with van der Waals surface area (Å²) < 4.78 is 32.0. The number of aryl methyl sites for hydroxylation is 2. The third-order valence-corrected chi connectivity index (χ3v) is 7.15. The zero-order valence-electron chi connectivity index (χ0n) is 16.7. The number of amides is 1. The molecule has 1 N–H and O–H groups in total. The number of nitrogens with zero attached hydrogens (tertiary/aromatic N) is 1. The van der Waals surface area contributed by atoms with E-state index in [1.54, 1.807) is 25.3 Å². The molecule has 2 aromatic carbocycles. The molecule has 0 aliphatic heterocycles.